The van der Waals surface area contributed by atoms with Gasteiger partial charge in [0, 0.05) is 13.0 Å². The summed E-state index contributed by atoms with van der Waals surface area (Å²) in [5.74, 6) is -0.473. The number of aliphatic hydroxyl groups is 1. The third kappa shape index (κ3) is 1.55. The third-order valence-electron chi connectivity index (χ3n) is 1.93. The van der Waals surface area contributed by atoms with E-state index in [1.165, 1.54) is 12.0 Å². The van der Waals surface area contributed by atoms with Crippen LogP contribution in [0.3, 0.4) is 0 Å². The van der Waals surface area contributed by atoms with Gasteiger partial charge in [-0.3, -0.25) is 4.79 Å². The minimum atomic E-state index is -0.612. The summed E-state index contributed by atoms with van der Waals surface area (Å²) in [7, 11) is 1.26. The molecule has 0 saturated carbocycles. The van der Waals surface area contributed by atoms with Crippen LogP contribution in [0.15, 0.2) is 0 Å². The zero-order chi connectivity index (χ0) is 9.14. The molecule has 0 aliphatic carbocycles. The Morgan fingerprint density at radius 1 is 1.75 bits per heavy atom. The van der Waals surface area contributed by atoms with E-state index in [-0.39, 0.29) is 13.0 Å². The smallest absolute Gasteiger partial charge is 0.328 e. The van der Waals surface area contributed by atoms with Gasteiger partial charge in [-0.25, -0.2) is 4.79 Å². The number of hydrogen-bond donors (Lipinski definition) is 1. The second kappa shape index (κ2) is 3.53. The Morgan fingerprint density at radius 3 is 2.92 bits per heavy atom. The maximum absolute atomic E-state index is 11.0. The predicted octanol–water partition coefficient (Wildman–Crippen LogP) is -1.25. The standard InChI is InChI=1S/C7H11NO4/c1-12-7(11)6-2-5(10)3-8(6)4-9/h4-6,10H,2-3H2,1H3/t5-,6?/m0/s1. The zero-order valence-corrected chi connectivity index (χ0v) is 6.77. The Hall–Kier alpha value is -1.10. The normalized spacial score (nSPS) is 28.7. The van der Waals surface area contributed by atoms with Gasteiger partial charge in [-0.15, -0.1) is 0 Å². The van der Waals surface area contributed by atoms with Crippen LogP contribution < -0.4 is 0 Å². The number of amides is 1. The van der Waals surface area contributed by atoms with Crippen molar-refractivity contribution in [3.8, 4) is 0 Å². The molecule has 0 spiro atoms. The Labute approximate surface area is 69.9 Å². The number of carbonyl (C=O) groups excluding carboxylic acids is 2. The number of hydrogen-bond acceptors (Lipinski definition) is 4. The summed E-state index contributed by atoms with van der Waals surface area (Å²) in [6.45, 7) is 0.212. The fourth-order valence-corrected chi connectivity index (χ4v) is 1.32. The summed E-state index contributed by atoms with van der Waals surface area (Å²) in [6, 6.07) is -0.609. The van der Waals surface area contributed by atoms with E-state index in [1.54, 1.807) is 0 Å². The van der Waals surface area contributed by atoms with Gasteiger partial charge >= 0.3 is 5.97 Å². The zero-order valence-electron chi connectivity index (χ0n) is 6.77. The van der Waals surface area contributed by atoms with Crippen molar-refractivity contribution in [2.45, 2.75) is 18.6 Å². The number of esters is 1. The number of β-amino-alcohol motifs (C(OH)–C–C–N with tert-alkyl or cyclic N) is 1. The maximum Gasteiger partial charge on any atom is 0.328 e. The van der Waals surface area contributed by atoms with Gasteiger partial charge in [0.2, 0.25) is 6.41 Å². The molecule has 12 heavy (non-hydrogen) atoms. The molecule has 68 valence electrons. The summed E-state index contributed by atoms with van der Waals surface area (Å²) in [5.41, 5.74) is 0. The Balaban J connectivity index is 2.63. The summed E-state index contributed by atoms with van der Waals surface area (Å²) >= 11 is 0. The summed E-state index contributed by atoms with van der Waals surface area (Å²) < 4.78 is 4.46. The molecule has 1 aliphatic heterocycles. The van der Waals surface area contributed by atoms with Crippen molar-refractivity contribution in [1.82, 2.24) is 4.90 Å². The van der Waals surface area contributed by atoms with Crippen LogP contribution in [0, 0.1) is 0 Å². The van der Waals surface area contributed by atoms with Crippen LogP contribution in [0.25, 0.3) is 0 Å². The van der Waals surface area contributed by atoms with Crippen molar-refractivity contribution in [2.75, 3.05) is 13.7 Å². The van der Waals surface area contributed by atoms with Gasteiger partial charge in [0.15, 0.2) is 0 Å². The molecular formula is C7H11NO4. The lowest BCUT2D eigenvalue weighted by molar-refractivity contribution is -0.148. The van der Waals surface area contributed by atoms with Crippen LogP contribution in [-0.2, 0) is 14.3 Å². The first-order valence-corrected chi connectivity index (χ1v) is 3.66. The van der Waals surface area contributed by atoms with Gasteiger partial charge < -0.3 is 14.7 Å². The summed E-state index contributed by atoms with van der Waals surface area (Å²) in [4.78, 5) is 22.6. The van der Waals surface area contributed by atoms with Gasteiger partial charge in [-0.2, -0.15) is 0 Å². The fourth-order valence-electron chi connectivity index (χ4n) is 1.32. The minimum absolute atomic E-state index is 0.212. The highest BCUT2D eigenvalue weighted by molar-refractivity contribution is 5.78. The largest absolute Gasteiger partial charge is 0.467 e. The molecule has 0 aromatic rings. The number of methoxy groups -OCH3 is 1. The van der Waals surface area contributed by atoms with E-state index in [1.807, 2.05) is 0 Å². The first-order valence-electron chi connectivity index (χ1n) is 3.66. The lowest BCUT2D eigenvalue weighted by Crippen LogP contribution is -2.35. The third-order valence-corrected chi connectivity index (χ3v) is 1.93. The van der Waals surface area contributed by atoms with Crippen molar-refractivity contribution < 1.29 is 19.4 Å². The summed E-state index contributed by atoms with van der Waals surface area (Å²) in [5, 5.41) is 9.14. The number of likely N-dealkylation sites (tertiary alicyclic amines) is 1. The lowest BCUT2D eigenvalue weighted by atomic mass is 10.2. The van der Waals surface area contributed by atoms with Crippen molar-refractivity contribution in [3.63, 3.8) is 0 Å². The second-order valence-electron chi connectivity index (χ2n) is 2.73. The molecule has 2 atom stereocenters. The SMILES string of the molecule is COC(=O)C1C[C@H](O)CN1C=O. The Bertz CT molecular complexity index is 194. The Kier molecular flexibility index (Phi) is 2.65. The predicted molar refractivity (Wildman–Crippen MR) is 39.2 cm³/mol. The number of carbonyl (C=O) groups is 2. The van der Waals surface area contributed by atoms with Crippen LogP contribution in [-0.4, -0.2) is 48.2 Å². The van der Waals surface area contributed by atoms with Gasteiger partial charge in [0.1, 0.15) is 6.04 Å². The number of aliphatic hydroxyl groups excluding tert-OH is 1. The number of ether oxygens (including phenoxy) is 1. The second-order valence-corrected chi connectivity index (χ2v) is 2.73. The molecule has 1 rings (SSSR count). The first kappa shape index (κ1) is 8.99. The molecule has 0 bridgehead atoms. The van der Waals surface area contributed by atoms with E-state index in [9.17, 15) is 9.59 Å². The van der Waals surface area contributed by atoms with Crippen LogP contribution >= 0.6 is 0 Å². The van der Waals surface area contributed by atoms with E-state index in [0.717, 1.165) is 0 Å². The molecule has 1 aliphatic rings. The average molecular weight is 173 g/mol. The summed E-state index contributed by atoms with van der Waals surface area (Å²) in [6.07, 6.45) is 0.211. The topological polar surface area (TPSA) is 66.8 Å². The molecule has 1 amide bonds. The van der Waals surface area contributed by atoms with Gasteiger partial charge in [0.05, 0.1) is 13.2 Å². The molecule has 0 aromatic heterocycles. The van der Waals surface area contributed by atoms with Crippen molar-refractivity contribution in [1.29, 1.82) is 0 Å². The molecule has 1 heterocycles. The molecule has 5 nitrogen and oxygen atoms in total. The van der Waals surface area contributed by atoms with Crippen molar-refractivity contribution in [3.05, 3.63) is 0 Å². The first-order chi connectivity index (χ1) is 5.69. The van der Waals surface area contributed by atoms with Crippen LogP contribution in [0.4, 0.5) is 0 Å². The highest BCUT2D eigenvalue weighted by Gasteiger charge is 2.35. The molecule has 1 N–H and O–H groups in total. The quantitative estimate of drug-likeness (QED) is 0.418. The molecule has 5 heteroatoms. The molecule has 1 unspecified atom stereocenters. The van der Waals surface area contributed by atoms with Gasteiger partial charge in [-0.05, 0) is 0 Å². The van der Waals surface area contributed by atoms with Crippen molar-refractivity contribution in [2.24, 2.45) is 0 Å². The highest BCUT2D eigenvalue weighted by Crippen LogP contribution is 2.16. The number of rotatable bonds is 2. The van der Waals surface area contributed by atoms with Gasteiger partial charge in [-0.1, -0.05) is 0 Å². The van der Waals surface area contributed by atoms with E-state index in [0.29, 0.717) is 6.41 Å². The average Bonchev–Trinajstić information content (AvgIpc) is 2.45. The minimum Gasteiger partial charge on any atom is -0.467 e. The Morgan fingerprint density at radius 2 is 2.42 bits per heavy atom. The maximum atomic E-state index is 11.0. The molecule has 1 saturated heterocycles. The fraction of sp³-hybridized carbons (Fsp3) is 0.714. The monoisotopic (exact) mass is 173 g/mol. The highest BCUT2D eigenvalue weighted by atomic mass is 16.5. The van der Waals surface area contributed by atoms with Gasteiger partial charge in [0.25, 0.3) is 0 Å². The molecule has 1 fully saturated rings. The lowest BCUT2D eigenvalue weighted by Gasteiger charge is -2.15. The van der Waals surface area contributed by atoms with Crippen molar-refractivity contribution >= 4 is 12.4 Å². The van der Waals surface area contributed by atoms with E-state index in [4.69, 9.17) is 5.11 Å². The molecular weight excluding hydrogens is 162 g/mol. The number of nitrogens with zero attached hydrogens (tertiary/aromatic N) is 1. The van der Waals surface area contributed by atoms with Crippen LogP contribution in [0.5, 0.6) is 0 Å². The molecule has 0 aromatic carbocycles. The van der Waals surface area contributed by atoms with Crippen LogP contribution in [0.1, 0.15) is 6.42 Å². The van der Waals surface area contributed by atoms with E-state index >= 15 is 0 Å². The van der Waals surface area contributed by atoms with E-state index < -0.39 is 18.1 Å². The molecule has 0 radical (unpaired) electrons. The van der Waals surface area contributed by atoms with E-state index in [2.05, 4.69) is 4.74 Å². The van der Waals surface area contributed by atoms with Crippen LogP contribution in [0.2, 0.25) is 0 Å².